The Labute approximate surface area is 75.5 Å². The number of epoxide rings is 1. The highest BCUT2D eigenvalue weighted by molar-refractivity contribution is 5.05. The first kappa shape index (κ1) is 8.55. The van der Waals surface area contributed by atoms with Gasteiger partial charge in [-0.2, -0.15) is 0 Å². The molecule has 0 bridgehead atoms. The maximum Gasteiger partial charge on any atom is 0.0923 e. The van der Waals surface area contributed by atoms with Crippen molar-refractivity contribution >= 4 is 0 Å². The Balaban J connectivity index is 2.02. The zero-order chi connectivity index (χ0) is 8.98. The topological polar surface area (TPSA) is 12.5 Å². The third-order valence-electron chi connectivity index (χ3n) is 3.69. The monoisotopic (exact) mass is 168 g/mol. The smallest absolute Gasteiger partial charge is 0.0923 e. The van der Waals surface area contributed by atoms with Crippen LogP contribution in [0.15, 0.2) is 0 Å². The van der Waals surface area contributed by atoms with Crippen LogP contribution in [0.3, 0.4) is 0 Å². The fraction of sp³-hybridized carbons (Fsp3) is 1.00. The van der Waals surface area contributed by atoms with Gasteiger partial charge in [0.25, 0.3) is 0 Å². The van der Waals surface area contributed by atoms with E-state index in [0.29, 0.717) is 11.5 Å². The van der Waals surface area contributed by atoms with E-state index in [2.05, 4.69) is 27.7 Å². The van der Waals surface area contributed by atoms with E-state index in [1.807, 2.05) is 0 Å². The lowest BCUT2D eigenvalue weighted by atomic mass is 9.69. The van der Waals surface area contributed by atoms with Gasteiger partial charge in [-0.3, -0.25) is 0 Å². The first-order chi connectivity index (χ1) is 5.42. The van der Waals surface area contributed by atoms with E-state index in [1.165, 1.54) is 19.3 Å². The van der Waals surface area contributed by atoms with Gasteiger partial charge in [0.15, 0.2) is 0 Å². The fourth-order valence-corrected chi connectivity index (χ4v) is 2.52. The normalized spacial score (nSPS) is 47.0. The Bertz CT molecular complexity index is 192. The Morgan fingerprint density at radius 2 is 1.92 bits per heavy atom. The minimum absolute atomic E-state index is 0.274. The molecular weight excluding hydrogens is 148 g/mol. The minimum Gasteiger partial charge on any atom is -0.366 e. The van der Waals surface area contributed by atoms with Crippen molar-refractivity contribution in [2.45, 2.75) is 58.7 Å². The van der Waals surface area contributed by atoms with Crippen molar-refractivity contribution in [3.8, 4) is 0 Å². The Morgan fingerprint density at radius 1 is 1.25 bits per heavy atom. The van der Waals surface area contributed by atoms with Crippen LogP contribution in [0, 0.1) is 11.3 Å². The average Bonchev–Trinajstić information content (AvgIpc) is 2.56. The first-order valence-electron chi connectivity index (χ1n) is 5.10. The molecular formula is C11H20O. The Hall–Kier alpha value is -0.0400. The third kappa shape index (κ3) is 1.28. The summed E-state index contributed by atoms with van der Waals surface area (Å²) in [6.07, 6.45) is 4.54. The fourth-order valence-electron chi connectivity index (χ4n) is 2.52. The zero-order valence-electron chi connectivity index (χ0n) is 8.68. The van der Waals surface area contributed by atoms with Crippen molar-refractivity contribution in [1.29, 1.82) is 0 Å². The molecule has 2 rings (SSSR count). The molecule has 1 saturated heterocycles. The molecule has 1 nitrogen and oxygen atoms in total. The Kier molecular flexibility index (Phi) is 1.61. The van der Waals surface area contributed by atoms with E-state index in [4.69, 9.17) is 4.74 Å². The molecule has 0 aromatic carbocycles. The van der Waals surface area contributed by atoms with Crippen molar-refractivity contribution < 1.29 is 4.74 Å². The molecule has 0 spiro atoms. The molecule has 1 aliphatic carbocycles. The van der Waals surface area contributed by atoms with E-state index in [-0.39, 0.29) is 5.60 Å². The summed E-state index contributed by atoms with van der Waals surface area (Å²) in [6, 6.07) is 0. The van der Waals surface area contributed by atoms with Crippen molar-refractivity contribution in [2.24, 2.45) is 11.3 Å². The van der Waals surface area contributed by atoms with Crippen LogP contribution < -0.4 is 0 Å². The number of rotatable bonds is 0. The molecule has 3 atom stereocenters. The van der Waals surface area contributed by atoms with Gasteiger partial charge in [0.1, 0.15) is 0 Å². The van der Waals surface area contributed by atoms with E-state index < -0.39 is 0 Å². The molecule has 1 saturated carbocycles. The van der Waals surface area contributed by atoms with Crippen LogP contribution in [-0.2, 0) is 4.74 Å². The second kappa shape index (κ2) is 2.25. The van der Waals surface area contributed by atoms with Crippen LogP contribution in [-0.4, -0.2) is 11.7 Å². The van der Waals surface area contributed by atoms with Gasteiger partial charge in [0, 0.05) is 0 Å². The standard InChI is InChI=1S/C11H20O/c1-10(2,3)8-5-6-9-11(4,7-8)12-9/h8-9H,5-7H2,1-4H3. The van der Waals surface area contributed by atoms with Gasteiger partial charge in [0.2, 0.25) is 0 Å². The maximum absolute atomic E-state index is 5.69. The largest absolute Gasteiger partial charge is 0.366 e. The van der Waals surface area contributed by atoms with Gasteiger partial charge in [-0.25, -0.2) is 0 Å². The summed E-state index contributed by atoms with van der Waals surface area (Å²) < 4.78 is 5.69. The molecule has 0 amide bonds. The molecule has 0 N–H and O–H groups in total. The van der Waals surface area contributed by atoms with Crippen LogP contribution in [0.2, 0.25) is 0 Å². The SMILES string of the molecule is CC(C)(C)C1CCC2OC2(C)C1. The van der Waals surface area contributed by atoms with Crippen LogP contribution in [0.1, 0.15) is 47.0 Å². The highest BCUT2D eigenvalue weighted by Crippen LogP contribution is 2.53. The molecule has 1 aliphatic heterocycles. The van der Waals surface area contributed by atoms with Crippen molar-refractivity contribution in [3.05, 3.63) is 0 Å². The molecule has 1 heteroatoms. The summed E-state index contributed by atoms with van der Waals surface area (Å²) in [5.41, 5.74) is 0.746. The minimum atomic E-state index is 0.274. The molecule has 1 heterocycles. The summed E-state index contributed by atoms with van der Waals surface area (Å²) in [5.74, 6) is 0.862. The summed E-state index contributed by atoms with van der Waals surface area (Å²) in [4.78, 5) is 0. The second-order valence-corrected chi connectivity index (χ2v) is 5.76. The third-order valence-corrected chi connectivity index (χ3v) is 3.69. The quantitative estimate of drug-likeness (QED) is 0.507. The summed E-state index contributed by atoms with van der Waals surface area (Å²) in [7, 11) is 0. The van der Waals surface area contributed by atoms with Gasteiger partial charge in [-0.15, -0.1) is 0 Å². The zero-order valence-corrected chi connectivity index (χ0v) is 8.68. The van der Waals surface area contributed by atoms with Crippen LogP contribution >= 0.6 is 0 Å². The van der Waals surface area contributed by atoms with Gasteiger partial charge in [0.05, 0.1) is 11.7 Å². The molecule has 2 aliphatic rings. The van der Waals surface area contributed by atoms with E-state index in [1.54, 1.807) is 0 Å². The summed E-state index contributed by atoms with van der Waals surface area (Å²) in [5, 5.41) is 0. The average molecular weight is 168 g/mol. The lowest BCUT2D eigenvalue weighted by Crippen LogP contribution is -2.30. The van der Waals surface area contributed by atoms with E-state index in [9.17, 15) is 0 Å². The summed E-state index contributed by atoms with van der Waals surface area (Å²) in [6.45, 7) is 9.33. The van der Waals surface area contributed by atoms with Gasteiger partial charge in [-0.1, -0.05) is 20.8 Å². The van der Waals surface area contributed by atoms with Gasteiger partial charge in [-0.05, 0) is 37.5 Å². The van der Waals surface area contributed by atoms with Crippen LogP contribution in [0.4, 0.5) is 0 Å². The molecule has 0 aromatic heterocycles. The highest BCUT2D eigenvalue weighted by atomic mass is 16.6. The van der Waals surface area contributed by atoms with Crippen LogP contribution in [0.5, 0.6) is 0 Å². The van der Waals surface area contributed by atoms with Gasteiger partial charge >= 0.3 is 0 Å². The second-order valence-electron chi connectivity index (χ2n) is 5.76. The molecule has 12 heavy (non-hydrogen) atoms. The Morgan fingerprint density at radius 3 is 2.42 bits per heavy atom. The number of hydrogen-bond donors (Lipinski definition) is 0. The number of ether oxygens (including phenoxy) is 1. The van der Waals surface area contributed by atoms with Crippen molar-refractivity contribution in [3.63, 3.8) is 0 Å². The van der Waals surface area contributed by atoms with Crippen molar-refractivity contribution in [2.75, 3.05) is 0 Å². The van der Waals surface area contributed by atoms with Crippen molar-refractivity contribution in [1.82, 2.24) is 0 Å². The van der Waals surface area contributed by atoms with Gasteiger partial charge < -0.3 is 4.74 Å². The predicted octanol–water partition coefficient (Wildman–Crippen LogP) is 2.99. The summed E-state index contributed by atoms with van der Waals surface area (Å²) >= 11 is 0. The predicted molar refractivity (Wildman–Crippen MR) is 50.1 cm³/mol. The lowest BCUT2D eigenvalue weighted by molar-refractivity contribution is 0.161. The number of hydrogen-bond acceptors (Lipinski definition) is 1. The molecule has 0 radical (unpaired) electrons. The molecule has 2 fully saturated rings. The van der Waals surface area contributed by atoms with E-state index >= 15 is 0 Å². The molecule has 0 aromatic rings. The maximum atomic E-state index is 5.69. The molecule has 3 unspecified atom stereocenters. The number of fused-ring (bicyclic) bond motifs is 1. The molecule has 70 valence electrons. The highest BCUT2D eigenvalue weighted by Gasteiger charge is 2.56. The van der Waals surface area contributed by atoms with Crippen LogP contribution in [0.25, 0.3) is 0 Å². The van der Waals surface area contributed by atoms with E-state index in [0.717, 1.165) is 5.92 Å². The lowest BCUT2D eigenvalue weighted by Gasteiger charge is -2.34. The first-order valence-corrected chi connectivity index (χ1v) is 5.10.